The molecular formula is C17H19N5O2. The van der Waals surface area contributed by atoms with Gasteiger partial charge >= 0.3 is 0 Å². The molecular weight excluding hydrogens is 306 g/mol. The number of ether oxygens (including phenoxy) is 2. The van der Waals surface area contributed by atoms with Crippen LogP contribution in [0.1, 0.15) is 0 Å². The highest BCUT2D eigenvalue weighted by Crippen LogP contribution is 2.20. The van der Waals surface area contributed by atoms with Crippen LogP contribution in [-0.4, -0.2) is 64.5 Å². The molecule has 0 radical (unpaired) electrons. The Hall–Kier alpha value is -2.51. The van der Waals surface area contributed by atoms with Crippen LogP contribution < -0.4 is 4.74 Å². The Morgan fingerprint density at radius 3 is 2.79 bits per heavy atom. The number of aromatic nitrogens is 4. The number of aromatic amines is 1. The van der Waals surface area contributed by atoms with Gasteiger partial charge in [-0.05, 0) is 24.3 Å². The quantitative estimate of drug-likeness (QED) is 0.770. The minimum Gasteiger partial charge on any atom is -0.492 e. The molecule has 1 aliphatic rings. The smallest absolute Gasteiger partial charge is 0.161 e. The van der Waals surface area contributed by atoms with Crippen LogP contribution in [0.15, 0.2) is 36.7 Å². The van der Waals surface area contributed by atoms with Crippen molar-refractivity contribution >= 4 is 11.0 Å². The molecule has 1 saturated heterocycles. The third kappa shape index (κ3) is 3.37. The van der Waals surface area contributed by atoms with Crippen LogP contribution >= 0.6 is 0 Å². The average molecular weight is 325 g/mol. The minimum atomic E-state index is 0.673. The predicted octanol–water partition coefficient (Wildman–Crippen LogP) is 1.73. The molecule has 4 rings (SSSR count). The van der Waals surface area contributed by atoms with Crippen LogP contribution in [0.25, 0.3) is 22.4 Å². The summed E-state index contributed by atoms with van der Waals surface area (Å²) in [6, 6.07) is 7.85. The molecule has 2 aromatic heterocycles. The number of hydrogen-bond acceptors (Lipinski definition) is 6. The second-order valence-corrected chi connectivity index (χ2v) is 5.69. The molecule has 24 heavy (non-hydrogen) atoms. The lowest BCUT2D eigenvalue weighted by Gasteiger charge is -2.26. The first-order valence-electron chi connectivity index (χ1n) is 8.08. The molecule has 3 heterocycles. The lowest BCUT2D eigenvalue weighted by atomic mass is 10.2. The summed E-state index contributed by atoms with van der Waals surface area (Å²) < 4.78 is 11.2. The van der Waals surface area contributed by atoms with Gasteiger partial charge in [0.15, 0.2) is 11.5 Å². The first kappa shape index (κ1) is 15.0. The van der Waals surface area contributed by atoms with Crippen molar-refractivity contribution in [2.24, 2.45) is 0 Å². The third-order valence-electron chi connectivity index (χ3n) is 4.08. The Morgan fingerprint density at radius 2 is 1.96 bits per heavy atom. The monoisotopic (exact) mass is 325 g/mol. The number of benzene rings is 1. The van der Waals surface area contributed by atoms with Crippen LogP contribution in [0.4, 0.5) is 0 Å². The molecule has 0 atom stereocenters. The largest absolute Gasteiger partial charge is 0.492 e. The SMILES string of the molecule is c1cc(-c2ncc3cn[nH]c3n2)ccc1OCCN1CCOCC1. The van der Waals surface area contributed by atoms with Gasteiger partial charge in [-0.1, -0.05) is 0 Å². The van der Waals surface area contributed by atoms with Gasteiger partial charge in [-0.3, -0.25) is 10.00 Å². The Labute approximate surface area is 139 Å². The van der Waals surface area contributed by atoms with E-state index in [1.165, 1.54) is 0 Å². The van der Waals surface area contributed by atoms with E-state index in [9.17, 15) is 0 Å². The van der Waals surface area contributed by atoms with Gasteiger partial charge in [0, 0.05) is 31.4 Å². The zero-order chi connectivity index (χ0) is 16.2. The van der Waals surface area contributed by atoms with E-state index < -0.39 is 0 Å². The fraction of sp³-hybridized carbons (Fsp3) is 0.353. The Morgan fingerprint density at radius 1 is 1.12 bits per heavy atom. The van der Waals surface area contributed by atoms with E-state index in [0.717, 1.165) is 55.2 Å². The number of hydrogen-bond donors (Lipinski definition) is 1. The highest BCUT2D eigenvalue weighted by molar-refractivity contribution is 5.75. The van der Waals surface area contributed by atoms with Gasteiger partial charge in [0.25, 0.3) is 0 Å². The van der Waals surface area contributed by atoms with Crippen molar-refractivity contribution in [3.8, 4) is 17.1 Å². The molecule has 7 heteroatoms. The molecule has 3 aromatic rings. The fourth-order valence-electron chi connectivity index (χ4n) is 2.69. The van der Waals surface area contributed by atoms with Crippen molar-refractivity contribution in [1.29, 1.82) is 0 Å². The molecule has 1 N–H and O–H groups in total. The molecule has 0 amide bonds. The van der Waals surface area contributed by atoms with E-state index in [0.29, 0.717) is 12.4 Å². The molecule has 0 unspecified atom stereocenters. The van der Waals surface area contributed by atoms with Gasteiger partial charge in [0.2, 0.25) is 0 Å². The molecule has 7 nitrogen and oxygen atoms in total. The number of nitrogens with zero attached hydrogens (tertiary/aromatic N) is 4. The number of morpholine rings is 1. The van der Waals surface area contributed by atoms with Crippen molar-refractivity contribution in [3.05, 3.63) is 36.7 Å². The van der Waals surface area contributed by atoms with Crippen LogP contribution in [0.2, 0.25) is 0 Å². The summed E-state index contributed by atoms with van der Waals surface area (Å²) in [5, 5.41) is 7.73. The summed E-state index contributed by atoms with van der Waals surface area (Å²) in [7, 11) is 0. The van der Waals surface area contributed by atoms with Crippen molar-refractivity contribution in [3.63, 3.8) is 0 Å². The van der Waals surface area contributed by atoms with Crippen LogP contribution in [0.5, 0.6) is 5.75 Å². The maximum absolute atomic E-state index is 5.82. The van der Waals surface area contributed by atoms with Crippen LogP contribution in [-0.2, 0) is 4.74 Å². The summed E-state index contributed by atoms with van der Waals surface area (Å²) in [5.74, 6) is 1.53. The van der Waals surface area contributed by atoms with E-state index >= 15 is 0 Å². The second kappa shape index (κ2) is 6.94. The molecule has 0 saturated carbocycles. The van der Waals surface area contributed by atoms with E-state index in [-0.39, 0.29) is 0 Å². The van der Waals surface area contributed by atoms with Gasteiger partial charge in [-0.25, -0.2) is 9.97 Å². The molecule has 124 valence electrons. The summed E-state index contributed by atoms with van der Waals surface area (Å²) in [6.45, 7) is 5.19. The van der Waals surface area contributed by atoms with E-state index in [4.69, 9.17) is 9.47 Å². The molecule has 1 aliphatic heterocycles. The lowest BCUT2D eigenvalue weighted by molar-refractivity contribution is 0.0322. The summed E-state index contributed by atoms with van der Waals surface area (Å²) in [5.41, 5.74) is 1.69. The summed E-state index contributed by atoms with van der Waals surface area (Å²) >= 11 is 0. The zero-order valence-corrected chi connectivity index (χ0v) is 13.3. The summed E-state index contributed by atoms with van der Waals surface area (Å²) in [6.07, 6.45) is 3.48. The summed E-state index contributed by atoms with van der Waals surface area (Å²) in [4.78, 5) is 11.2. The van der Waals surface area contributed by atoms with E-state index in [2.05, 4.69) is 25.1 Å². The van der Waals surface area contributed by atoms with Gasteiger partial charge in [-0.15, -0.1) is 0 Å². The molecule has 1 fully saturated rings. The first-order valence-corrected chi connectivity index (χ1v) is 8.08. The number of fused-ring (bicyclic) bond motifs is 1. The molecule has 0 spiro atoms. The normalized spacial score (nSPS) is 15.7. The van der Waals surface area contributed by atoms with Crippen LogP contribution in [0.3, 0.4) is 0 Å². The van der Waals surface area contributed by atoms with Gasteiger partial charge in [0.05, 0.1) is 24.8 Å². The molecule has 1 aromatic carbocycles. The standard InChI is InChI=1S/C17H19N5O2/c1-3-15(24-10-7-22-5-8-23-9-6-22)4-2-13(1)16-18-11-14-12-19-21-17(14)20-16/h1-4,11-12H,5-10H2,(H,18,19,20,21). The zero-order valence-electron chi connectivity index (χ0n) is 13.3. The Bertz CT molecular complexity index is 796. The van der Waals surface area contributed by atoms with E-state index in [1.807, 2.05) is 24.3 Å². The number of nitrogens with one attached hydrogen (secondary N) is 1. The maximum atomic E-state index is 5.82. The maximum Gasteiger partial charge on any atom is 0.161 e. The van der Waals surface area contributed by atoms with Crippen molar-refractivity contribution in [1.82, 2.24) is 25.1 Å². The Balaban J connectivity index is 1.37. The Kier molecular flexibility index (Phi) is 4.35. The number of H-pyrrole nitrogens is 1. The lowest BCUT2D eigenvalue weighted by Crippen LogP contribution is -2.38. The number of rotatable bonds is 5. The highest BCUT2D eigenvalue weighted by Gasteiger charge is 2.10. The van der Waals surface area contributed by atoms with Gasteiger partial charge in [-0.2, -0.15) is 5.10 Å². The van der Waals surface area contributed by atoms with Crippen molar-refractivity contribution in [2.75, 3.05) is 39.5 Å². The second-order valence-electron chi connectivity index (χ2n) is 5.69. The van der Waals surface area contributed by atoms with Gasteiger partial charge < -0.3 is 9.47 Å². The minimum absolute atomic E-state index is 0.673. The third-order valence-corrected chi connectivity index (χ3v) is 4.08. The predicted molar refractivity (Wildman–Crippen MR) is 89.9 cm³/mol. The van der Waals surface area contributed by atoms with Gasteiger partial charge in [0.1, 0.15) is 12.4 Å². The molecule has 0 bridgehead atoms. The van der Waals surface area contributed by atoms with E-state index in [1.54, 1.807) is 12.4 Å². The van der Waals surface area contributed by atoms with Crippen molar-refractivity contribution in [2.45, 2.75) is 0 Å². The van der Waals surface area contributed by atoms with Crippen molar-refractivity contribution < 1.29 is 9.47 Å². The fourth-order valence-corrected chi connectivity index (χ4v) is 2.69. The topological polar surface area (TPSA) is 76.2 Å². The van der Waals surface area contributed by atoms with Crippen LogP contribution in [0, 0.1) is 0 Å². The molecule has 0 aliphatic carbocycles. The first-order chi connectivity index (χ1) is 11.9. The average Bonchev–Trinajstić information content (AvgIpc) is 3.11. The highest BCUT2D eigenvalue weighted by atomic mass is 16.5.